The predicted molar refractivity (Wildman–Crippen MR) is 78.0 cm³/mol. The molecule has 0 spiro atoms. The molecule has 1 saturated carbocycles. The molecule has 0 bridgehead atoms. The highest BCUT2D eigenvalue weighted by atomic mass is 16.3. The number of hydrogen-bond donors (Lipinski definition) is 2. The molecule has 1 fully saturated rings. The number of benzene rings is 1. The lowest BCUT2D eigenvalue weighted by Gasteiger charge is -2.33. The van der Waals surface area contributed by atoms with Crippen LogP contribution in [0.5, 0.6) is 5.75 Å². The Bertz CT molecular complexity index is 424. The minimum absolute atomic E-state index is 0.0454. The van der Waals surface area contributed by atoms with Crippen molar-refractivity contribution in [3.63, 3.8) is 0 Å². The summed E-state index contributed by atoms with van der Waals surface area (Å²) in [4.78, 5) is 14.4. The number of nitrogens with zero attached hydrogens (tertiary/aromatic N) is 1. The minimum Gasteiger partial charge on any atom is -0.508 e. The SMILES string of the molecule is O=C(CN(CCO)C1CCCCC1)c1ccc(O)cc1. The molecule has 2 N–H and O–H groups in total. The second-order valence-electron chi connectivity index (χ2n) is 5.46. The Hall–Kier alpha value is -1.39. The molecule has 4 heteroatoms. The first-order valence-corrected chi connectivity index (χ1v) is 7.38. The monoisotopic (exact) mass is 277 g/mol. The Kier molecular flexibility index (Phi) is 5.56. The minimum atomic E-state index is 0.0454. The van der Waals surface area contributed by atoms with Gasteiger partial charge in [0.15, 0.2) is 5.78 Å². The van der Waals surface area contributed by atoms with Gasteiger partial charge in [-0.05, 0) is 37.1 Å². The number of aliphatic hydroxyl groups is 1. The zero-order chi connectivity index (χ0) is 14.4. The highest BCUT2D eigenvalue weighted by molar-refractivity contribution is 5.97. The number of phenols is 1. The van der Waals surface area contributed by atoms with E-state index in [2.05, 4.69) is 4.90 Å². The highest BCUT2D eigenvalue weighted by Crippen LogP contribution is 2.22. The molecule has 1 aromatic rings. The lowest BCUT2D eigenvalue weighted by Crippen LogP contribution is -2.41. The number of carbonyl (C=O) groups is 1. The first kappa shape index (κ1) is 15.0. The highest BCUT2D eigenvalue weighted by Gasteiger charge is 2.23. The summed E-state index contributed by atoms with van der Waals surface area (Å²) in [5.41, 5.74) is 0.613. The molecule has 0 radical (unpaired) electrons. The van der Waals surface area contributed by atoms with Gasteiger partial charge in [-0.2, -0.15) is 0 Å². The number of ketones is 1. The smallest absolute Gasteiger partial charge is 0.176 e. The van der Waals surface area contributed by atoms with Crippen LogP contribution in [0.25, 0.3) is 0 Å². The van der Waals surface area contributed by atoms with Crippen molar-refractivity contribution < 1.29 is 15.0 Å². The molecule has 0 saturated heterocycles. The molecule has 1 aromatic carbocycles. The van der Waals surface area contributed by atoms with E-state index >= 15 is 0 Å². The van der Waals surface area contributed by atoms with Gasteiger partial charge in [0.2, 0.25) is 0 Å². The van der Waals surface area contributed by atoms with Gasteiger partial charge in [-0.1, -0.05) is 19.3 Å². The van der Waals surface area contributed by atoms with Crippen molar-refractivity contribution in [1.82, 2.24) is 4.90 Å². The topological polar surface area (TPSA) is 60.8 Å². The molecule has 0 aliphatic heterocycles. The van der Waals surface area contributed by atoms with E-state index in [1.165, 1.54) is 31.4 Å². The maximum Gasteiger partial charge on any atom is 0.176 e. The standard InChI is InChI=1S/C16H23NO3/c18-11-10-17(14-4-2-1-3-5-14)12-16(20)13-6-8-15(19)9-7-13/h6-9,14,18-19H,1-5,10-12H2. The summed E-state index contributed by atoms with van der Waals surface area (Å²) >= 11 is 0. The van der Waals surface area contributed by atoms with Crippen LogP contribution in [-0.4, -0.2) is 46.6 Å². The molecular formula is C16H23NO3. The number of rotatable bonds is 6. The number of Topliss-reactive ketones (excluding diaryl/α,β-unsaturated/α-hetero) is 1. The average molecular weight is 277 g/mol. The van der Waals surface area contributed by atoms with Crippen molar-refractivity contribution in [2.45, 2.75) is 38.1 Å². The molecule has 0 aromatic heterocycles. The normalized spacial score (nSPS) is 16.5. The van der Waals surface area contributed by atoms with E-state index in [1.54, 1.807) is 12.1 Å². The molecule has 0 atom stereocenters. The fourth-order valence-corrected chi connectivity index (χ4v) is 2.89. The lowest BCUT2D eigenvalue weighted by atomic mass is 9.94. The van der Waals surface area contributed by atoms with Gasteiger partial charge in [-0.3, -0.25) is 9.69 Å². The van der Waals surface area contributed by atoms with Crippen LogP contribution in [0.1, 0.15) is 42.5 Å². The Morgan fingerprint density at radius 3 is 2.40 bits per heavy atom. The van der Waals surface area contributed by atoms with Crippen molar-refractivity contribution in [3.05, 3.63) is 29.8 Å². The van der Waals surface area contributed by atoms with E-state index < -0.39 is 0 Å². The second-order valence-corrected chi connectivity index (χ2v) is 5.46. The van der Waals surface area contributed by atoms with Gasteiger partial charge in [-0.15, -0.1) is 0 Å². The van der Waals surface area contributed by atoms with Crippen LogP contribution < -0.4 is 0 Å². The van der Waals surface area contributed by atoms with E-state index in [0.29, 0.717) is 24.7 Å². The van der Waals surface area contributed by atoms with Crippen LogP contribution in [0.15, 0.2) is 24.3 Å². The number of hydrogen-bond acceptors (Lipinski definition) is 4. The Morgan fingerprint density at radius 1 is 1.15 bits per heavy atom. The quantitative estimate of drug-likeness (QED) is 0.783. The summed E-state index contributed by atoms with van der Waals surface area (Å²) in [6, 6.07) is 6.77. The molecule has 110 valence electrons. The third-order valence-corrected chi connectivity index (χ3v) is 4.01. The zero-order valence-corrected chi connectivity index (χ0v) is 11.8. The van der Waals surface area contributed by atoms with Gasteiger partial charge < -0.3 is 10.2 Å². The molecule has 0 amide bonds. The number of carbonyl (C=O) groups excluding carboxylic acids is 1. The Labute approximate surface area is 120 Å². The van der Waals surface area contributed by atoms with Gasteiger partial charge in [-0.25, -0.2) is 0 Å². The maximum absolute atomic E-state index is 12.3. The first-order chi connectivity index (χ1) is 9.70. The van der Waals surface area contributed by atoms with E-state index in [1.807, 2.05) is 0 Å². The van der Waals surface area contributed by atoms with Crippen LogP contribution in [0.2, 0.25) is 0 Å². The van der Waals surface area contributed by atoms with Crippen molar-refractivity contribution >= 4 is 5.78 Å². The summed E-state index contributed by atoms with van der Waals surface area (Å²) in [5.74, 6) is 0.213. The second kappa shape index (κ2) is 7.41. The fourth-order valence-electron chi connectivity index (χ4n) is 2.89. The van der Waals surface area contributed by atoms with Crippen LogP contribution >= 0.6 is 0 Å². The molecule has 20 heavy (non-hydrogen) atoms. The van der Waals surface area contributed by atoms with Crippen LogP contribution in [0.4, 0.5) is 0 Å². The van der Waals surface area contributed by atoms with Gasteiger partial charge in [0.1, 0.15) is 5.75 Å². The third kappa shape index (κ3) is 4.05. The van der Waals surface area contributed by atoms with Gasteiger partial charge in [0.25, 0.3) is 0 Å². The van der Waals surface area contributed by atoms with E-state index in [4.69, 9.17) is 0 Å². The molecule has 1 aliphatic carbocycles. The molecule has 0 unspecified atom stereocenters. The van der Waals surface area contributed by atoms with Gasteiger partial charge in [0.05, 0.1) is 13.2 Å². The molecular weight excluding hydrogens is 254 g/mol. The molecule has 4 nitrogen and oxygen atoms in total. The van der Waals surface area contributed by atoms with Gasteiger partial charge in [0, 0.05) is 18.2 Å². The Balaban J connectivity index is 1.99. The van der Waals surface area contributed by atoms with Crippen molar-refractivity contribution in [1.29, 1.82) is 0 Å². The Morgan fingerprint density at radius 2 is 1.80 bits per heavy atom. The zero-order valence-electron chi connectivity index (χ0n) is 11.8. The van der Waals surface area contributed by atoms with Gasteiger partial charge >= 0.3 is 0 Å². The summed E-state index contributed by atoms with van der Waals surface area (Å²) in [6.07, 6.45) is 5.92. The van der Waals surface area contributed by atoms with E-state index in [9.17, 15) is 15.0 Å². The van der Waals surface area contributed by atoms with Crippen LogP contribution in [-0.2, 0) is 0 Å². The largest absolute Gasteiger partial charge is 0.508 e. The molecule has 2 rings (SSSR count). The fraction of sp³-hybridized carbons (Fsp3) is 0.562. The van der Waals surface area contributed by atoms with Crippen LogP contribution in [0, 0.1) is 0 Å². The predicted octanol–water partition coefficient (Wildman–Crippen LogP) is 2.20. The lowest BCUT2D eigenvalue weighted by molar-refractivity contribution is 0.0814. The van der Waals surface area contributed by atoms with E-state index in [0.717, 1.165) is 12.8 Å². The van der Waals surface area contributed by atoms with Crippen molar-refractivity contribution in [2.75, 3.05) is 19.7 Å². The number of aromatic hydroxyl groups is 1. The summed E-state index contributed by atoms with van der Waals surface area (Å²) in [6.45, 7) is 0.976. The molecule has 1 aliphatic rings. The summed E-state index contributed by atoms with van der Waals surface area (Å²) in [5, 5.41) is 18.5. The van der Waals surface area contributed by atoms with Crippen LogP contribution in [0.3, 0.4) is 0 Å². The number of aliphatic hydroxyl groups excluding tert-OH is 1. The first-order valence-electron chi connectivity index (χ1n) is 7.38. The van der Waals surface area contributed by atoms with Crippen molar-refractivity contribution in [3.8, 4) is 5.75 Å². The summed E-state index contributed by atoms with van der Waals surface area (Å²) in [7, 11) is 0. The number of phenolic OH excluding ortho intramolecular Hbond substituents is 1. The van der Waals surface area contributed by atoms with Crippen molar-refractivity contribution in [2.24, 2.45) is 0 Å². The summed E-state index contributed by atoms with van der Waals surface area (Å²) < 4.78 is 0. The molecule has 0 heterocycles. The third-order valence-electron chi connectivity index (χ3n) is 4.01. The maximum atomic E-state index is 12.3. The average Bonchev–Trinajstić information content (AvgIpc) is 2.48. The van der Waals surface area contributed by atoms with E-state index in [-0.39, 0.29) is 18.1 Å².